The number of nitrogen functional groups attached to an aromatic ring is 1. The molecule has 116 valence electrons. The van der Waals surface area contributed by atoms with Gasteiger partial charge in [-0.25, -0.2) is 0 Å². The standard InChI is InChI=1S/C15H22BrN3O2/c1-2-6-18-15(20)14-10-21-8-7-19(14)9-11-12(16)4-3-5-13(11)17/h3-5,14H,2,6-10,17H2,1H3,(H,18,20). The van der Waals surface area contributed by atoms with Gasteiger partial charge in [-0.15, -0.1) is 0 Å². The lowest BCUT2D eigenvalue weighted by molar-refractivity contribution is -0.132. The zero-order chi connectivity index (χ0) is 15.2. The summed E-state index contributed by atoms with van der Waals surface area (Å²) in [5.74, 6) is 0.0298. The molecule has 0 radical (unpaired) electrons. The molecule has 2 rings (SSSR count). The van der Waals surface area contributed by atoms with Gasteiger partial charge in [0.15, 0.2) is 0 Å². The van der Waals surface area contributed by atoms with Crippen LogP contribution in [0.2, 0.25) is 0 Å². The summed E-state index contributed by atoms with van der Waals surface area (Å²) < 4.78 is 6.44. The zero-order valence-electron chi connectivity index (χ0n) is 12.3. The third-order valence-corrected chi connectivity index (χ3v) is 4.35. The fourth-order valence-electron chi connectivity index (χ4n) is 2.38. The molecule has 3 N–H and O–H groups in total. The van der Waals surface area contributed by atoms with Gasteiger partial charge >= 0.3 is 0 Å². The topological polar surface area (TPSA) is 67.6 Å². The summed E-state index contributed by atoms with van der Waals surface area (Å²) in [5.41, 5.74) is 7.81. The Kier molecular flexibility index (Phi) is 6.02. The van der Waals surface area contributed by atoms with Crippen LogP contribution >= 0.6 is 15.9 Å². The van der Waals surface area contributed by atoms with Gasteiger partial charge in [0, 0.05) is 35.4 Å². The fraction of sp³-hybridized carbons (Fsp3) is 0.533. The van der Waals surface area contributed by atoms with Crippen LogP contribution < -0.4 is 11.1 Å². The summed E-state index contributed by atoms with van der Waals surface area (Å²) in [5, 5.41) is 2.94. The molecule has 1 aromatic rings. The van der Waals surface area contributed by atoms with E-state index < -0.39 is 0 Å². The van der Waals surface area contributed by atoms with Gasteiger partial charge in [-0.05, 0) is 18.6 Å². The number of nitrogens with two attached hydrogens (primary N) is 1. The second-order valence-corrected chi connectivity index (χ2v) is 6.01. The van der Waals surface area contributed by atoms with Gasteiger partial charge in [-0.2, -0.15) is 0 Å². The molecule has 0 bridgehead atoms. The summed E-state index contributed by atoms with van der Waals surface area (Å²) in [6.07, 6.45) is 0.927. The van der Waals surface area contributed by atoms with E-state index >= 15 is 0 Å². The molecule has 1 aromatic carbocycles. The second-order valence-electron chi connectivity index (χ2n) is 5.16. The fourth-order valence-corrected chi connectivity index (χ4v) is 2.89. The van der Waals surface area contributed by atoms with Crippen LogP contribution in [-0.4, -0.2) is 43.2 Å². The first-order valence-electron chi connectivity index (χ1n) is 7.25. The highest BCUT2D eigenvalue weighted by molar-refractivity contribution is 9.10. The highest BCUT2D eigenvalue weighted by Crippen LogP contribution is 2.25. The summed E-state index contributed by atoms with van der Waals surface area (Å²) in [4.78, 5) is 14.4. The Morgan fingerprint density at radius 2 is 2.38 bits per heavy atom. The molecule has 6 heteroatoms. The van der Waals surface area contributed by atoms with Gasteiger partial charge in [0.25, 0.3) is 0 Å². The molecule has 1 atom stereocenters. The number of hydrogen-bond donors (Lipinski definition) is 2. The Morgan fingerprint density at radius 1 is 1.57 bits per heavy atom. The number of rotatable bonds is 5. The van der Waals surface area contributed by atoms with Crippen molar-refractivity contribution < 1.29 is 9.53 Å². The maximum absolute atomic E-state index is 12.3. The quantitative estimate of drug-likeness (QED) is 0.789. The summed E-state index contributed by atoms with van der Waals surface area (Å²) in [6.45, 7) is 5.17. The normalized spacial score (nSPS) is 19.4. The van der Waals surface area contributed by atoms with Crippen molar-refractivity contribution in [1.29, 1.82) is 0 Å². The molecule has 1 aliphatic rings. The first kappa shape index (κ1) is 16.3. The molecule has 1 unspecified atom stereocenters. The maximum atomic E-state index is 12.3. The number of carbonyl (C=O) groups is 1. The average molecular weight is 356 g/mol. The summed E-state index contributed by atoms with van der Waals surface area (Å²) >= 11 is 3.53. The molecule has 1 fully saturated rings. The lowest BCUT2D eigenvalue weighted by Crippen LogP contribution is -2.53. The number of anilines is 1. The van der Waals surface area contributed by atoms with Crippen LogP contribution in [0, 0.1) is 0 Å². The van der Waals surface area contributed by atoms with Gasteiger partial charge in [-0.1, -0.05) is 28.9 Å². The van der Waals surface area contributed by atoms with E-state index in [9.17, 15) is 4.79 Å². The lowest BCUT2D eigenvalue weighted by atomic mass is 10.1. The van der Waals surface area contributed by atoms with Crippen molar-refractivity contribution in [3.63, 3.8) is 0 Å². The number of amides is 1. The van der Waals surface area contributed by atoms with E-state index in [2.05, 4.69) is 26.1 Å². The minimum atomic E-state index is -0.253. The first-order valence-corrected chi connectivity index (χ1v) is 8.05. The molecule has 0 aliphatic carbocycles. The monoisotopic (exact) mass is 355 g/mol. The van der Waals surface area contributed by atoms with Crippen molar-refractivity contribution in [2.75, 3.05) is 32.0 Å². The number of halogens is 1. The van der Waals surface area contributed by atoms with Crippen LogP contribution in [-0.2, 0) is 16.1 Å². The number of morpholine rings is 1. The number of hydrogen-bond acceptors (Lipinski definition) is 4. The van der Waals surface area contributed by atoms with Crippen LogP contribution in [0.25, 0.3) is 0 Å². The largest absolute Gasteiger partial charge is 0.398 e. The highest BCUT2D eigenvalue weighted by atomic mass is 79.9. The Hall–Kier alpha value is -1.11. The Balaban J connectivity index is 2.10. The predicted molar refractivity (Wildman–Crippen MR) is 86.9 cm³/mol. The van der Waals surface area contributed by atoms with E-state index in [1.807, 2.05) is 25.1 Å². The molecule has 5 nitrogen and oxygen atoms in total. The Morgan fingerprint density at radius 3 is 3.10 bits per heavy atom. The number of benzene rings is 1. The van der Waals surface area contributed by atoms with Gasteiger partial charge in [-0.3, -0.25) is 9.69 Å². The van der Waals surface area contributed by atoms with Crippen molar-refractivity contribution in [1.82, 2.24) is 10.2 Å². The van der Waals surface area contributed by atoms with Gasteiger partial charge in [0.1, 0.15) is 6.04 Å². The van der Waals surface area contributed by atoms with Crippen LogP contribution in [0.1, 0.15) is 18.9 Å². The lowest BCUT2D eigenvalue weighted by Gasteiger charge is -2.35. The molecule has 1 saturated heterocycles. The van der Waals surface area contributed by atoms with E-state index in [4.69, 9.17) is 10.5 Å². The number of nitrogens with zero attached hydrogens (tertiary/aromatic N) is 1. The van der Waals surface area contributed by atoms with Gasteiger partial charge < -0.3 is 15.8 Å². The number of ether oxygens (including phenoxy) is 1. The van der Waals surface area contributed by atoms with Crippen LogP contribution in [0.3, 0.4) is 0 Å². The summed E-state index contributed by atoms with van der Waals surface area (Å²) in [6, 6.07) is 5.51. The van der Waals surface area contributed by atoms with Crippen LogP contribution in [0.5, 0.6) is 0 Å². The number of carbonyl (C=O) groups excluding carboxylic acids is 1. The highest BCUT2D eigenvalue weighted by Gasteiger charge is 2.29. The SMILES string of the molecule is CCCNC(=O)C1COCCN1Cc1c(N)cccc1Br. The smallest absolute Gasteiger partial charge is 0.239 e. The van der Waals surface area contributed by atoms with E-state index in [0.29, 0.717) is 26.3 Å². The van der Waals surface area contributed by atoms with E-state index in [1.165, 1.54) is 0 Å². The molecule has 0 saturated carbocycles. The Bertz CT molecular complexity index is 476. The van der Waals surface area contributed by atoms with Crippen LogP contribution in [0.4, 0.5) is 5.69 Å². The molecule has 0 aromatic heterocycles. The molecule has 1 aliphatic heterocycles. The van der Waals surface area contributed by atoms with Crippen molar-refractivity contribution in [3.05, 3.63) is 28.2 Å². The Labute approximate surface area is 134 Å². The second kappa shape index (κ2) is 7.77. The third-order valence-electron chi connectivity index (χ3n) is 3.61. The predicted octanol–water partition coefficient (Wildman–Crippen LogP) is 1.76. The molecule has 1 amide bonds. The van der Waals surface area contributed by atoms with Crippen molar-refractivity contribution in [3.8, 4) is 0 Å². The third kappa shape index (κ3) is 4.18. The minimum absolute atomic E-state index is 0.0298. The zero-order valence-corrected chi connectivity index (χ0v) is 13.9. The summed E-state index contributed by atoms with van der Waals surface area (Å²) in [7, 11) is 0. The van der Waals surface area contributed by atoms with Crippen LogP contribution in [0.15, 0.2) is 22.7 Å². The first-order chi connectivity index (χ1) is 10.1. The van der Waals surface area contributed by atoms with Gasteiger partial charge in [0.2, 0.25) is 5.91 Å². The van der Waals surface area contributed by atoms with E-state index in [1.54, 1.807) is 0 Å². The van der Waals surface area contributed by atoms with Crippen molar-refractivity contribution in [2.45, 2.75) is 25.9 Å². The molecule has 21 heavy (non-hydrogen) atoms. The molecule has 0 spiro atoms. The average Bonchev–Trinajstić information content (AvgIpc) is 2.49. The van der Waals surface area contributed by atoms with E-state index in [0.717, 1.165) is 28.7 Å². The van der Waals surface area contributed by atoms with Crippen molar-refractivity contribution >= 4 is 27.5 Å². The minimum Gasteiger partial charge on any atom is -0.398 e. The maximum Gasteiger partial charge on any atom is 0.239 e. The van der Waals surface area contributed by atoms with Crippen molar-refractivity contribution in [2.24, 2.45) is 0 Å². The molecular weight excluding hydrogens is 334 g/mol. The number of nitrogens with one attached hydrogen (secondary N) is 1. The molecular formula is C15H22BrN3O2. The van der Waals surface area contributed by atoms with E-state index in [-0.39, 0.29) is 11.9 Å². The van der Waals surface area contributed by atoms with Gasteiger partial charge in [0.05, 0.1) is 13.2 Å². The molecule has 1 heterocycles.